The lowest BCUT2D eigenvalue weighted by Crippen LogP contribution is -1.84. The van der Waals surface area contributed by atoms with Crippen molar-refractivity contribution < 1.29 is 0 Å². The number of aryl methyl sites for hydroxylation is 1. The lowest BCUT2D eigenvalue weighted by atomic mass is 10.2. The average Bonchev–Trinajstić information content (AvgIpc) is 2.86. The van der Waals surface area contributed by atoms with E-state index >= 15 is 0 Å². The molecule has 3 rings (SSSR count). The smallest absolute Gasteiger partial charge is 0.212 e. The van der Waals surface area contributed by atoms with Crippen molar-refractivity contribution in [3.63, 3.8) is 0 Å². The minimum atomic E-state index is 0.686. The third kappa shape index (κ3) is 2.06. The van der Waals surface area contributed by atoms with Gasteiger partial charge < -0.3 is 0 Å². The molecule has 0 N–H and O–H groups in total. The molecule has 0 aliphatic rings. The Labute approximate surface area is 122 Å². The number of halogens is 2. The number of hydrogen-bond donors (Lipinski definition) is 0. The average molecular weight is 343 g/mol. The van der Waals surface area contributed by atoms with Gasteiger partial charge in [-0.3, -0.25) is 0 Å². The summed E-state index contributed by atoms with van der Waals surface area (Å²) in [6, 6.07) is 5.79. The van der Waals surface area contributed by atoms with Gasteiger partial charge >= 0.3 is 0 Å². The zero-order valence-corrected chi connectivity index (χ0v) is 12.7. The van der Waals surface area contributed by atoms with Gasteiger partial charge in [-0.15, -0.1) is 0 Å². The molecule has 6 heteroatoms. The molecule has 92 valence electrons. The Kier molecular flexibility index (Phi) is 3.13. The molecule has 0 atom stereocenters. The first-order chi connectivity index (χ1) is 8.67. The summed E-state index contributed by atoms with van der Waals surface area (Å²) in [5.74, 6) is 0. The second-order valence-corrected chi connectivity index (χ2v) is 6.19. The SMILES string of the molecule is CCc1nn2cc(-c3ccc(Br)cc3Cl)nc2s1. The Morgan fingerprint density at radius 1 is 1.44 bits per heavy atom. The van der Waals surface area contributed by atoms with E-state index in [1.165, 1.54) is 0 Å². The molecule has 0 fully saturated rings. The number of benzene rings is 1. The first kappa shape index (κ1) is 12.1. The van der Waals surface area contributed by atoms with Gasteiger partial charge in [0.1, 0.15) is 5.01 Å². The maximum atomic E-state index is 6.22. The first-order valence-corrected chi connectivity index (χ1v) is 7.46. The van der Waals surface area contributed by atoms with E-state index < -0.39 is 0 Å². The second kappa shape index (κ2) is 4.64. The molecule has 0 amide bonds. The van der Waals surface area contributed by atoms with E-state index in [9.17, 15) is 0 Å². The standard InChI is InChI=1S/C12H9BrClN3S/c1-2-11-16-17-6-10(15-12(17)18-11)8-4-3-7(13)5-9(8)14/h3-6H,2H2,1H3. The van der Waals surface area contributed by atoms with Crippen LogP contribution in [0.5, 0.6) is 0 Å². The normalized spacial score (nSPS) is 11.3. The van der Waals surface area contributed by atoms with Crippen molar-refractivity contribution in [2.24, 2.45) is 0 Å². The Balaban J connectivity index is 2.10. The van der Waals surface area contributed by atoms with Crippen LogP contribution in [0, 0.1) is 0 Å². The van der Waals surface area contributed by atoms with Crippen LogP contribution in [0.1, 0.15) is 11.9 Å². The number of aromatic nitrogens is 3. The largest absolute Gasteiger partial charge is 0.217 e. The number of imidazole rings is 1. The van der Waals surface area contributed by atoms with Gasteiger partial charge in [-0.05, 0) is 18.6 Å². The summed E-state index contributed by atoms with van der Waals surface area (Å²) in [5.41, 5.74) is 1.78. The van der Waals surface area contributed by atoms with Crippen LogP contribution in [0.3, 0.4) is 0 Å². The third-order valence-electron chi connectivity index (χ3n) is 2.59. The van der Waals surface area contributed by atoms with Gasteiger partial charge in [0.15, 0.2) is 0 Å². The molecule has 0 saturated heterocycles. The summed E-state index contributed by atoms with van der Waals surface area (Å²) in [7, 11) is 0. The topological polar surface area (TPSA) is 30.2 Å². The van der Waals surface area contributed by atoms with Gasteiger partial charge in [-0.1, -0.05) is 51.9 Å². The molecule has 3 nitrogen and oxygen atoms in total. The molecule has 0 spiro atoms. The van der Waals surface area contributed by atoms with Gasteiger partial charge in [0, 0.05) is 10.0 Å². The zero-order valence-electron chi connectivity index (χ0n) is 9.52. The zero-order chi connectivity index (χ0) is 12.7. The van der Waals surface area contributed by atoms with Gasteiger partial charge in [0.25, 0.3) is 0 Å². The van der Waals surface area contributed by atoms with Gasteiger partial charge in [-0.25, -0.2) is 9.50 Å². The van der Waals surface area contributed by atoms with Crippen molar-refractivity contribution >= 4 is 43.8 Å². The van der Waals surface area contributed by atoms with Gasteiger partial charge in [0.2, 0.25) is 4.96 Å². The Hall–Kier alpha value is -0.910. The van der Waals surface area contributed by atoms with Gasteiger partial charge in [0.05, 0.1) is 16.9 Å². The van der Waals surface area contributed by atoms with Crippen molar-refractivity contribution in [3.8, 4) is 11.3 Å². The summed E-state index contributed by atoms with van der Waals surface area (Å²) >= 11 is 11.2. The highest BCUT2D eigenvalue weighted by Crippen LogP contribution is 2.30. The molecule has 2 heterocycles. The molecular weight excluding hydrogens is 334 g/mol. The fourth-order valence-corrected chi connectivity index (χ4v) is 3.30. The number of fused-ring (bicyclic) bond motifs is 1. The first-order valence-electron chi connectivity index (χ1n) is 5.48. The van der Waals surface area contributed by atoms with Crippen LogP contribution in [0.25, 0.3) is 16.2 Å². The Morgan fingerprint density at radius 3 is 2.94 bits per heavy atom. The van der Waals surface area contributed by atoms with Crippen molar-refractivity contribution in [1.82, 2.24) is 14.6 Å². The number of nitrogens with zero attached hydrogens (tertiary/aromatic N) is 3. The van der Waals surface area contributed by atoms with Crippen LogP contribution in [-0.4, -0.2) is 14.6 Å². The van der Waals surface area contributed by atoms with Crippen LogP contribution in [0.15, 0.2) is 28.9 Å². The molecule has 0 radical (unpaired) electrons. The van der Waals surface area contributed by atoms with Crippen LogP contribution in [0.2, 0.25) is 5.02 Å². The molecule has 2 aromatic heterocycles. The summed E-state index contributed by atoms with van der Waals surface area (Å²) in [4.78, 5) is 5.46. The Bertz CT molecular complexity index is 688. The predicted octanol–water partition coefficient (Wildman–Crippen LogP) is 4.44. The molecule has 3 aromatic rings. The van der Waals surface area contributed by atoms with E-state index in [-0.39, 0.29) is 0 Å². The summed E-state index contributed by atoms with van der Waals surface area (Å²) in [6.45, 7) is 2.09. The molecule has 0 aliphatic carbocycles. The lowest BCUT2D eigenvalue weighted by molar-refractivity contribution is 0.910. The minimum Gasteiger partial charge on any atom is -0.217 e. The molecule has 0 saturated carbocycles. The summed E-state index contributed by atoms with van der Waals surface area (Å²) < 4.78 is 2.78. The highest BCUT2D eigenvalue weighted by atomic mass is 79.9. The molecule has 18 heavy (non-hydrogen) atoms. The lowest BCUT2D eigenvalue weighted by Gasteiger charge is -2.00. The second-order valence-electron chi connectivity index (χ2n) is 3.83. The van der Waals surface area contributed by atoms with Crippen molar-refractivity contribution in [2.75, 3.05) is 0 Å². The highest BCUT2D eigenvalue weighted by molar-refractivity contribution is 9.10. The van der Waals surface area contributed by atoms with Gasteiger partial charge in [-0.2, -0.15) is 5.10 Å². The molecule has 1 aromatic carbocycles. The summed E-state index contributed by atoms with van der Waals surface area (Å²) in [5, 5.41) is 6.22. The van der Waals surface area contributed by atoms with Crippen LogP contribution >= 0.6 is 38.9 Å². The van der Waals surface area contributed by atoms with Crippen molar-refractivity contribution in [1.29, 1.82) is 0 Å². The molecule has 0 aliphatic heterocycles. The van der Waals surface area contributed by atoms with Crippen LogP contribution < -0.4 is 0 Å². The quantitative estimate of drug-likeness (QED) is 0.689. The van der Waals surface area contributed by atoms with E-state index in [4.69, 9.17) is 11.6 Å². The third-order valence-corrected chi connectivity index (χ3v) is 4.47. The van der Waals surface area contributed by atoms with E-state index in [0.29, 0.717) is 5.02 Å². The molecular formula is C12H9BrClN3S. The predicted molar refractivity (Wildman–Crippen MR) is 78.4 cm³/mol. The van der Waals surface area contributed by atoms with E-state index in [1.807, 2.05) is 28.9 Å². The number of rotatable bonds is 2. The van der Waals surface area contributed by atoms with Crippen LogP contribution in [-0.2, 0) is 6.42 Å². The minimum absolute atomic E-state index is 0.686. The van der Waals surface area contributed by atoms with E-state index in [1.54, 1.807) is 11.3 Å². The summed E-state index contributed by atoms with van der Waals surface area (Å²) in [6.07, 6.45) is 2.85. The van der Waals surface area contributed by atoms with E-state index in [0.717, 1.165) is 32.1 Å². The van der Waals surface area contributed by atoms with E-state index in [2.05, 4.69) is 32.9 Å². The fourth-order valence-electron chi connectivity index (χ4n) is 1.71. The fraction of sp³-hybridized carbons (Fsp3) is 0.167. The maximum Gasteiger partial charge on any atom is 0.212 e. The van der Waals surface area contributed by atoms with Crippen molar-refractivity contribution in [3.05, 3.63) is 38.9 Å². The number of hydrogen-bond acceptors (Lipinski definition) is 3. The van der Waals surface area contributed by atoms with Crippen LogP contribution in [0.4, 0.5) is 0 Å². The molecule has 0 bridgehead atoms. The van der Waals surface area contributed by atoms with Crippen molar-refractivity contribution in [2.45, 2.75) is 13.3 Å². The highest BCUT2D eigenvalue weighted by Gasteiger charge is 2.11. The monoisotopic (exact) mass is 341 g/mol. The Morgan fingerprint density at radius 2 is 2.28 bits per heavy atom. The maximum absolute atomic E-state index is 6.22. The molecule has 0 unspecified atom stereocenters.